The molecule has 0 bridgehead atoms. The fourth-order valence-electron chi connectivity index (χ4n) is 2.74. The molecule has 1 aliphatic rings. The number of nitrogens with two attached hydrogens (primary N) is 2. The molecule has 112 valence electrons. The number of carbonyl (C=O) groups is 2. The monoisotopic (exact) mass is 291 g/mol. The van der Waals surface area contributed by atoms with Gasteiger partial charge in [0.1, 0.15) is 0 Å². The van der Waals surface area contributed by atoms with E-state index < -0.39 is 5.91 Å². The minimum Gasteiger partial charge on any atom is -0.368 e. The van der Waals surface area contributed by atoms with Crippen LogP contribution in [0, 0.1) is 17.8 Å². The predicted octanol–water partition coefficient (Wildman–Crippen LogP) is 0.753. The third-order valence-electron chi connectivity index (χ3n) is 3.52. The van der Waals surface area contributed by atoms with E-state index in [0.29, 0.717) is 19.0 Å². The largest absolute Gasteiger partial charge is 0.368 e. The van der Waals surface area contributed by atoms with Gasteiger partial charge in [0.2, 0.25) is 11.8 Å². The van der Waals surface area contributed by atoms with Crippen molar-refractivity contribution in [3.05, 3.63) is 0 Å². The van der Waals surface area contributed by atoms with Crippen molar-refractivity contribution >= 4 is 24.2 Å². The predicted molar refractivity (Wildman–Crippen MR) is 77.7 cm³/mol. The summed E-state index contributed by atoms with van der Waals surface area (Å²) in [5, 5.41) is 0. The Hall–Kier alpha value is -0.810. The van der Waals surface area contributed by atoms with E-state index in [0.717, 1.165) is 19.3 Å². The zero-order valence-electron chi connectivity index (χ0n) is 11.8. The average molecular weight is 292 g/mol. The Kier molecular flexibility index (Phi) is 8.02. The lowest BCUT2D eigenvalue weighted by atomic mass is 9.94. The molecule has 1 aliphatic carbocycles. The first kappa shape index (κ1) is 18.2. The van der Waals surface area contributed by atoms with Crippen molar-refractivity contribution in [2.24, 2.45) is 29.2 Å². The topological polar surface area (TPSA) is 89.4 Å². The first-order chi connectivity index (χ1) is 8.45. The van der Waals surface area contributed by atoms with Crippen LogP contribution in [0.25, 0.3) is 0 Å². The van der Waals surface area contributed by atoms with E-state index in [-0.39, 0.29) is 36.7 Å². The minimum atomic E-state index is -0.453. The summed E-state index contributed by atoms with van der Waals surface area (Å²) in [4.78, 5) is 25.1. The highest BCUT2D eigenvalue weighted by Gasteiger charge is 2.35. The van der Waals surface area contributed by atoms with Gasteiger partial charge in [0, 0.05) is 12.5 Å². The molecule has 6 heteroatoms. The Labute approximate surface area is 121 Å². The number of halogens is 1. The molecule has 0 aromatic carbocycles. The van der Waals surface area contributed by atoms with Gasteiger partial charge in [0.25, 0.3) is 0 Å². The summed E-state index contributed by atoms with van der Waals surface area (Å²) < 4.78 is 0. The maximum absolute atomic E-state index is 12.4. The Bertz CT molecular complexity index is 310. The maximum atomic E-state index is 12.4. The highest BCUT2D eigenvalue weighted by molar-refractivity contribution is 5.85. The quantitative estimate of drug-likeness (QED) is 0.757. The Morgan fingerprint density at radius 3 is 2.42 bits per heavy atom. The lowest BCUT2D eigenvalue weighted by Crippen LogP contribution is -2.45. The van der Waals surface area contributed by atoms with Gasteiger partial charge < -0.3 is 16.4 Å². The standard InChI is InChI=1S/C13H25N3O2.ClH/c1-9(2)7-16(8-12(15)17)13(18)11-5-3-4-10(11)6-14;/h9-11H,3-8,14H2,1-2H3,(H2,15,17);1H/t10-,11-;/m1./s1. The van der Waals surface area contributed by atoms with Crippen molar-refractivity contribution in [2.75, 3.05) is 19.6 Å². The molecule has 1 rings (SSSR count). The van der Waals surface area contributed by atoms with Crippen LogP contribution in [0.5, 0.6) is 0 Å². The summed E-state index contributed by atoms with van der Waals surface area (Å²) in [5.74, 6) is 0.168. The first-order valence-electron chi connectivity index (χ1n) is 6.72. The molecule has 0 spiro atoms. The van der Waals surface area contributed by atoms with E-state index in [2.05, 4.69) is 0 Å². The molecule has 1 fully saturated rings. The molecular formula is C13H26ClN3O2. The fraction of sp³-hybridized carbons (Fsp3) is 0.846. The van der Waals surface area contributed by atoms with Crippen LogP contribution >= 0.6 is 12.4 Å². The Balaban J connectivity index is 0.00000324. The molecule has 1 saturated carbocycles. The van der Waals surface area contributed by atoms with Crippen LogP contribution in [0.3, 0.4) is 0 Å². The molecule has 19 heavy (non-hydrogen) atoms. The lowest BCUT2D eigenvalue weighted by Gasteiger charge is -2.28. The van der Waals surface area contributed by atoms with Crippen molar-refractivity contribution in [3.8, 4) is 0 Å². The Morgan fingerprint density at radius 1 is 1.32 bits per heavy atom. The van der Waals surface area contributed by atoms with E-state index in [1.54, 1.807) is 4.90 Å². The summed E-state index contributed by atoms with van der Waals surface area (Å²) in [6.45, 7) is 5.19. The SMILES string of the molecule is CC(C)CN(CC(N)=O)C(=O)[C@@H]1CCC[C@@H]1CN.Cl. The van der Waals surface area contributed by atoms with Crippen LogP contribution in [0.15, 0.2) is 0 Å². The van der Waals surface area contributed by atoms with Crippen LogP contribution in [0.2, 0.25) is 0 Å². The van der Waals surface area contributed by atoms with E-state index in [1.807, 2.05) is 13.8 Å². The molecule has 0 saturated heterocycles. The van der Waals surface area contributed by atoms with Gasteiger partial charge in [0.05, 0.1) is 6.54 Å². The third-order valence-corrected chi connectivity index (χ3v) is 3.52. The second kappa shape index (κ2) is 8.38. The second-order valence-corrected chi connectivity index (χ2v) is 5.61. The molecular weight excluding hydrogens is 266 g/mol. The van der Waals surface area contributed by atoms with Crippen LogP contribution in [-0.2, 0) is 9.59 Å². The Morgan fingerprint density at radius 2 is 1.95 bits per heavy atom. The molecule has 2 atom stereocenters. The fourth-order valence-corrected chi connectivity index (χ4v) is 2.74. The van der Waals surface area contributed by atoms with Crippen molar-refractivity contribution in [2.45, 2.75) is 33.1 Å². The van der Waals surface area contributed by atoms with Gasteiger partial charge in [-0.1, -0.05) is 20.3 Å². The summed E-state index contributed by atoms with van der Waals surface area (Å²) in [7, 11) is 0. The molecule has 0 aliphatic heterocycles. The van der Waals surface area contributed by atoms with Gasteiger partial charge in [0.15, 0.2) is 0 Å². The van der Waals surface area contributed by atoms with Gasteiger partial charge in [-0.2, -0.15) is 0 Å². The van der Waals surface area contributed by atoms with Crippen LogP contribution in [0.4, 0.5) is 0 Å². The van der Waals surface area contributed by atoms with E-state index in [4.69, 9.17) is 11.5 Å². The van der Waals surface area contributed by atoms with E-state index >= 15 is 0 Å². The van der Waals surface area contributed by atoms with Crippen LogP contribution < -0.4 is 11.5 Å². The normalized spacial score (nSPS) is 22.1. The highest BCUT2D eigenvalue weighted by Crippen LogP contribution is 2.32. The second-order valence-electron chi connectivity index (χ2n) is 5.61. The number of amides is 2. The van der Waals surface area contributed by atoms with Crippen LogP contribution in [0.1, 0.15) is 33.1 Å². The van der Waals surface area contributed by atoms with Gasteiger partial charge in [-0.05, 0) is 31.2 Å². The van der Waals surface area contributed by atoms with Crippen molar-refractivity contribution < 1.29 is 9.59 Å². The van der Waals surface area contributed by atoms with Crippen molar-refractivity contribution in [3.63, 3.8) is 0 Å². The minimum absolute atomic E-state index is 0. The molecule has 0 aromatic heterocycles. The average Bonchev–Trinajstić information content (AvgIpc) is 2.73. The van der Waals surface area contributed by atoms with E-state index in [9.17, 15) is 9.59 Å². The summed E-state index contributed by atoms with van der Waals surface area (Å²) >= 11 is 0. The summed E-state index contributed by atoms with van der Waals surface area (Å²) in [6.07, 6.45) is 2.94. The number of carbonyl (C=O) groups excluding carboxylic acids is 2. The van der Waals surface area contributed by atoms with Crippen molar-refractivity contribution in [1.82, 2.24) is 4.90 Å². The maximum Gasteiger partial charge on any atom is 0.237 e. The molecule has 0 unspecified atom stereocenters. The van der Waals surface area contributed by atoms with Gasteiger partial charge >= 0.3 is 0 Å². The van der Waals surface area contributed by atoms with Crippen molar-refractivity contribution in [1.29, 1.82) is 0 Å². The number of rotatable bonds is 6. The number of hydrogen-bond acceptors (Lipinski definition) is 3. The zero-order chi connectivity index (χ0) is 13.7. The number of primary amides is 1. The smallest absolute Gasteiger partial charge is 0.237 e. The first-order valence-corrected chi connectivity index (χ1v) is 6.72. The molecule has 0 heterocycles. The van der Waals surface area contributed by atoms with E-state index in [1.165, 1.54) is 0 Å². The van der Waals surface area contributed by atoms with Gasteiger partial charge in [-0.3, -0.25) is 9.59 Å². The molecule has 2 amide bonds. The number of hydrogen-bond donors (Lipinski definition) is 2. The molecule has 5 nitrogen and oxygen atoms in total. The zero-order valence-corrected chi connectivity index (χ0v) is 12.6. The van der Waals surface area contributed by atoms with Gasteiger partial charge in [-0.25, -0.2) is 0 Å². The molecule has 0 radical (unpaired) electrons. The lowest BCUT2D eigenvalue weighted by molar-refractivity contribution is -0.140. The molecule has 0 aromatic rings. The summed E-state index contributed by atoms with van der Waals surface area (Å²) in [5.41, 5.74) is 10.9. The van der Waals surface area contributed by atoms with Gasteiger partial charge in [-0.15, -0.1) is 12.4 Å². The molecule has 4 N–H and O–H groups in total. The number of nitrogens with zero attached hydrogens (tertiary/aromatic N) is 1. The summed E-state index contributed by atoms with van der Waals surface area (Å²) in [6, 6.07) is 0. The van der Waals surface area contributed by atoms with Crippen LogP contribution in [-0.4, -0.2) is 36.3 Å². The third kappa shape index (κ3) is 5.37. The highest BCUT2D eigenvalue weighted by atomic mass is 35.5.